The van der Waals surface area contributed by atoms with Crippen LogP contribution in [0.15, 0.2) is 6.07 Å². The summed E-state index contributed by atoms with van der Waals surface area (Å²) in [7, 11) is 0. The predicted octanol–water partition coefficient (Wildman–Crippen LogP) is 2.53. The summed E-state index contributed by atoms with van der Waals surface area (Å²) in [5, 5.41) is 7.07. The Balaban J connectivity index is 1.96. The lowest BCUT2D eigenvalue weighted by molar-refractivity contribution is -0.148. The molecule has 1 aromatic heterocycles. The SMILES string of the molecule is Cc1cc(C(=O)NC2CCCN(CC(F)(F)F)C2)nn1C(C)C. The highest BCUT2D eigenvalue weighted by atomic mass is 19.4. The van der Waals surface area contributed by atoms with Crippen molar-refractivity contribution >= 4 is 5.91 Å². The number of carbonyl (C=O) groups excluding carboxylic acids is 1. The van der Waals surface area contributed by atoms with Crippen LogP contribution in [-0.4, -0.2) is 52.4 Å². The fraction of sp³-hybridized carbons (Fsp3) is 0.733. The molecule has 1 atom stereocenters. The van der Waals surface area contributed by atoms with Crippen molar-refractivity contribution in [1.82, 2.24) is 20.0 Å². The summed E-state index contributed by atoms with van der Waals surface area (Å²) in [5.74, 6) is -0.327. The molecule has 130 valence electrons. The molecule has 0 saturated carbocycles. The first-order valence-electron chi connectivity index (χ1n) is 7.82. The van der Waals surface area contributed by atoms with Crippen LogP contribution >= 0.6 is 0 Å². The third kappa shape index (κ3) is 4.95. The second-order valence-corrected chi connectivity index (χ2v) is 6.37. The summed E-state index contributed by atoms with van der Waals surface area (Å²) >= 11 is 0. The van der Waals surface area contributed by atoms with E-state index in [1.54, 1.807) is 10.7 Å². The number of alkyl halides is 3. The van der Waals surface area contributed by atoms with Crippen molar-refractivity contribution in [2.45, 2.75) is 51.9 Å². The predicted molar refractivity (Wildman–Crippen MR) is 80.3 cm³/mol. The van der Waals surface area contributed by atoms with Gasteiger partial charge in [-0.1, -0.05) is 0 Å². The quantitative estimate of drug-likeness (QED) is 0.922. The Kier molecular flexibility index (Phi) is 5.33. The number of hydrogen-bond donors (Lipinski definition) is 1. The maximum Gasteiger partial charge on any atom is 0.401 e. The van der Waals surface area contributed by atoms with Crippen LogP contribution in [0.1, 0.15) is 48.9 Å². The van der Waals surface area contributed by atoms with E-state index in [1.165, 1.54) is 4.90 Å². The van der Waals surface area contributed by atoms with Crippen LogP contribution in [0, 0.1) is 6.92 Å². The summed E-state index contributed by atoms with van der Waals surface area (Å²) in [5.41, 5.74) is 1.19. The molecule has 1 fully saturated rings. The van der Waals surface area contributed by atoms with Crippen LogP contribution < -0.4 is 5.32 Å². The Morgan fingerprint density at radius 3 is 2.74 bits per heavy atom. The maximum absolute atomic E-state index is 12.5. The van der Waals surface area contributed by atoms with E-state index in [2.05, 4.69) is 10.4 Å². The number of likely N-dealkylation sites (tertiary alicyclic amines) is 1. The molecule has 2 heterocycles. The number of aromatic nitrogens is 2. The lowest BCUT2D eigenvalue weighted by Gasteiger charge is -2.33. The minimum absolute atomic E-state index is 0.147. The third-order valence-electron chi connectivity index (χ3n) is 3.89. The van der Waals surface area contributed by atoms with Gasteiger partial charge in [-0.15, -0.1) is 0 Å². The Hall–Kier alpha value is -1.57. The monoisotopic (exact) mass is 332 g/mol. The van der Waals surface area contributed by atoms with Crippen molar-refractivity contribution in [2.75, 3.05) is 19.6 Å². The number of aryl methyl sites for hydroxylation is 1. The minimum Gasteiger partial charge on any atom is -0.347 e. The van der Waals surface area contributed by atoms with Crippen molar-refractivity contribution in [3.63, 3.8) is 0 Å². The number of nitrogens with one attached hydrogen (secondary N) is 1. The molecular formula is C15H23F3N4O. The third-order valence-corrected chi connectivity index (χ3v) is 3.89. The second kappa shape index (κ2) is 6.90. The van der Waals surface area contributed by atoms with E-state index < -0.39 is 12.7 Å². The molecule has 1 aliphatic rings. The number of piperidine rings is 1. The average molecular weight is 332 g/mol. The molecule has 1 aromatic rings. The van der Waals surface area contributed by atoms with Gasteiger partial charge in [0, 0.05) is 24.3 Å². The zero-order chi connectivity index (χ0) is 17.2. The maximum atomic E-state index is 12.5. The summed E-state index contributed by atoms with van der Waals surface area (Å²) in [6.07, 6.45) is -2.89. The number of amides is 1. The van der Waals surface area contributed by atoms with Crippen molar-refractivity contribution < 1.29 is 18.0 Å². The number of nitrogens with zero attached hydrogens (tertiary/aromatic N) is 3. The molecule has 0 bridgehead atoms. The van der Waals surface area contributed by atoms with Gasteiger partial charge in [0.15, 0.2) is 0 Å². The standard InChI is InChI=1S/C15H23F3N4O/c1-10(2)22-11(3)7-13(20-22)14(23)19-12-5-4-6-21(8-12)9-15(16,17)18/h7,10,12H,4-6,8-9H2,1-3H3,(H,19,23). The molecule has 8 heteroatoms. The van der Waals surface area contributed by atoms with Gasteiger partial charge in [-0.3, -0.25) is 14.4 Å². The van der Waals surface area contributed by atoms with Crippen LogP contribution in [-0.2, 0) is 0 Å². The molecule has 0 spiro atoms. The van der Waals surface area contributed by atoms with Gasteiger partial charge in [0.25, 0.3) is 5.91 Å². The fourth-order valence-corrected chi connectivity index (χ4v) is 2.95. The molecule has 1 N–H and O–H groups in total. The Bertz CT molecular complexity index is 553. The molecule has 2 rings (SSSR count). The topological polar surface area (TPSA) is 50.2 Å². The fourth-order valence-electron chi connectivity index (χ4n) is 2.95. The van der Waals surface area contributed by atoms with Crippen molar-refractivity contribution in [2.24, 2.45) is 0 Å². The molecule has 1 saturated heterocycles. The van der Waals surface area contributed by atoms with Crippen LogP contribution in [0.5, 0.6) is 0 Å². The van der Waals surface area contributed by atoms with E-state index in [0.29, 0.717) is 25.1 Å². The van der Waals surface area contributed by atoms with Crippen LogP contribution in [0.4, 0.5) is 13.2 Å². The normalized spacial score (nSPS) is 20.0. The zero-order valence-electron chi connectivity index (χ0n) is 13.7. The molecule has 1 unspecified atom stereocenters. The number of rotatable bonds is 4. The summed E-state index contributed by atoms with van der Waals surface area (Å²) in [6, 6.07) is 1.57. The summed E-state index contributed by atoms with van der Waals surface area (Å²) in [4.78, 5) is 13.6. The van der Waals surface area contributed by atoms with Crippen LogP contribution in [0.2, 0.25) is 0 Å². The van der Waals surface area contributed by atoms with Gasteiger partial charge in [-0.2, -0.15) is 18.3 Å². The van der Waals surface area contributed by atoms with Crippen molar-refractivity contribution in [3.05, 3.63) is 17.5 Å². The number of hydrogen-bond acceptors (Lipinski definition) is 3. The first-order chi connectivity index (χ1) is 10.7. The van der Waals surface area contributed by atoms with Gasteiger partial charge in [-0.25, -0.2) is 0 Å². The van der Waals surface area contributed by atoms with Gasteiger partial charge in [0.05, 0.1) is 6.54 Å². The van der Waals surface area contributed by atoms with Gasteiger partial charge in [0.2, 0.25) is 0 Å². The van der Waals surface area contributed by atoms with E-state index in [0.717, 1.165) is 5.69 Å². The molecular weight excluding hydrogens is 309 g/mol. The summed E-state index contributed by atoms with van der Waals surface area (Å²) in [6.45, 7) is 5.51. The van der Waals surface area contributed by atoms with Crippen LogP contribution in [0.25, 0.3) is 0 Å². The highest BCUT2D eigenvalue weighted by molar-refractivity contribution is 5.92. The van der Waals surface area contributed by atoms with Gasteiger partial charge < -0.3 is 5.32 Å². The van der Waals surface area contributed by atoms with Crippen LogP contribution in [0.3, 0.4) is 0 Å². The summed E-state index contributed by atoms with van der Waals surface area (Å²) < 4.78 is 39.2. The zero-order valence-corrected chi connectivity index (χ0v) is 13.7. The molecule has 0 radical (unpaired) electrons. The first-order valence-corrected chi connectivity index (χ1v) is 7.82. The Morgan fingerprint density at radius 2 is 2.17 bits per heavy atom. The second-order valence-electron chi connectivity index (χ2n) is 6.37. The first kappa shape index (κ1) is 17.8. The highest BCUT2D eigenvalue weighted by Crippen LogP contribution is 2.20. The number of halogens is 3. The van der Waals surface area contributed by atoms with E-state index >= 15 is 0 Å². The van der Waals surface area contributed by atoms with E-state index in [-0.39, 0.29) is 24.5 Å². The molecule has 1 amide bonds. The Labute approximate surface area is 133 Å². The van der Waals surface area contributed by atoms with Crippen molar-refractivity contribution in [1.29, 1.82) is 0 Å². The van der Waals surface area contributed by atoms with Gasteiger partial charge in [-0.05, 0) is 46.2 Å². The average Bonchev–Trinajstić information content (AvgIpc) is 2.79. The largest absolute Gasteiger partial charge is 0.401 e. The smallest absolute Gasteiger partial charge is 0.347 e. The molecule has 0 aromatic carbocycles. The minimum atomic E-state index is -4.21. The molecule has 5 nitrogen and oxygen atoms in total. The lowest BCUT2D eigenvalue weighted by Crippen LogP contribution is -2.50. The number of carbonyl (C=O) groups is 1. The molecule has 23 heavy (non-hydrogen) atoms. The lowest BCUT2D eigenvalue weighted by atomic mass is 10.1. The van der Waals surface area contributed by atoms with Crippen molar-refractivity contribution in [3.8, 4) is 0 Å². The molecule has 0 aliphatic carbocycles. The van der Waals surface area contributed by atoms with E-state index in [4.69, 9.17) is 0 Å². The van der Waals surface area contributed by atoms with E-state index in [9.17, 15) is 18.0 Å². The Morgan fingerprint density at radius 1 is 1.48 bits per heavy atom. The van der Waals surface area contributed by atoms with E-state index in [1.807, 2.05) is 20.8 Å². The van der Waals surface area contributed by atoms with Gasteiger partial charge in [0.1, 0.15) is 5.69 Å². The highest BCUT2D eigenvalue weighted by Gasteiger charge is 2.33. The molecule has 1 aliphatic heterocycles. The van der Waals surface area contributed by atoms with Gasteiger partial charge >= 0.3 is 6.18 Å².